The summed E-state index contributed by atoms with van der Waals surface area (Å²) in [6.45, 7) is 4.96. The van der Waals surface area contributed by atoms with E-state index in [1.165, 1.54) is 25.7 Å². The Morgan fingerprint density at radius 2 is 2.33 bits per heavy atom. The lowest BCUT2D eigenvalue weighted by Crippen LogP contribution is -2.22. The highest BCUT2D eigenvalue weighted by Gasteiger charge is 2.14. The number of hydrogen-bond acceptors (Lipinski definition) is 3. The summed E-state index contributed by atoms with van der Waals surface area (Å²) < 4.78 is 5.55. The predicted molar refractivity (Wildman–Crippen MR) is 62.0 cm³/mol. The molecule has 3 nitrogen and oxygen atoms in total. The van der Waals surface area contributed by atoms with E-state index in [0.29, 0.717) is 6.10 Å². The average molecular weight is 215 g/mol. The zero-order valence-corrected chi connectivity index (χ0v) is 9.87. The van der Waals surface area contributed by atoms with Crippen molar-refractivity contribution >= 4 is 0 Å². The van der Waals surface area contributed by atoms with Crippen LogP contribution >= 0.6 is 0 Å². The van der Waals surface area contributed by atoms with Gasteiger partial charge in [0.05, 0.1) is 12.2 Å². The Morgan fingerprint density at radius 3 is 3.00 bits per heavy atom. The minimum atomic E-state index is -0.129. The smallest absolute Gasteiger partial charge is 0.0576 e. The first kappa shape index (κ1) is 12.9. The van der Waals surface area contributed by atoms with E-state index in [0.717, 1.165) is 32.5 Å². The standard InChI is InChI=1S/C12H25NO2/c1-2-11(14)7-9-13-8-3-5-12-6-4-10-15-12/h11-14H,2-10H2,1H3. The Morgan fingerprint density at radius 1 is 1.47 bits per heavy atom. The maximum atomic E-state index is 9.33. The lowest BCUT2D eigenvalue weighted by molar-refractivity contribution is 0.102. The molecule has 0 amide bonds. The molecule has 0 bridgehead atoms. The minimum Gasteiger partial charge on any atom is -0.393 e. The number of aliphatic hydroxyl groups excluding tert-OH is 1. The number of aliphatic hydroxyl groups is 1. The summed E-state index contributed by atoms with van der Waals surface area (Å²) in [4.78, 5) is 0. The molecule has 1 aliphatic heterocycles. The van der Waals surface area contributed by atoms with Gasteiger partial charge in [-0.25, -0.2) is 0 Å². The second-order valence-corrected chi connectivity index (χ2v) is 4.38. The number of hydrogen-bond donors (Lipinski definition) is 2. The van der Waals surface area contributed by atoms with Crippen LogP contribution < -0.4 is 5.32 Å². The van der Waals surface area contributed by atoms with Crippen molar-refractivity contribution in [1.82, 2.24) is 5.32 Å². The molecule has 90 valence electrons. The van der Waals surface area contributed by atoms with Crippen molar-refractivity contribution in [2.75, 3.05) is 19.7 Å². The second kappa shape index (κ2) is 8.08. The molecule has 0 aliphatic carbocycles. The van der Waals surface area contributed by atoms with Crippen molar-refractivity contribution in [3.05, 3.63) is 0 Å². The quantitative estimate of drug-likeness (QED) is 0.606. The summed E-state index contributed by atoms with van der Waals surface area (Å²) >= 11 is 0. The van der Waals surface area contributed by atoms with Gasteiger partial charge in [-0.1, -0.05) is 6.92 Å². The van der Waals surface area contributed by atoms with Crippen molar-refractivity contribution in [3.8, 4) is 0 Å². The molecule has 3 heteroatoms. The topological polar surface area (TPSA) is 41.5 Å². The highest BCUT2D eigenvalue weighted by molar-refractivity contribution is 4.65. The van der Waals surface area contributed by atoms with E-state index in [9.17, 15) is 5.11 Å². The van der Waals surface area contributed by atoms with Gasteiger partial charge in [0.25, 0.3) is 0 Å². The maximum Gasteiger partial charge on any atom is 0.0576 e. The fourth-order valence-corrected chi connectivity index (χ4v) is 1.92. The molecule has 1 rings (SSSR count). The lowest BCUT2D eigenvalue weighted by Gasteiger charge is -2.10. The van der Waals surface area contributed by atoms with Crippen molar-refractivity contribution < 1.29 is 9.84 Å². The third kappa shape index (κ3) is 6.13. The van der Waals surface area contributed by atoms with Crippen molar-refractivity contribution in [3.63, 3.8) is 0 Å². The zero-order valence-electron chi connectivity index (χ0n) is 9.87. The molecule has 1 aliphatic rings. The second-order valence-electron chi connectivity index (χ2n) is 4.38. The van der Waals surface area contributed by atoms with Crippen LogP contribution in [0, 0.1) is 0 Å². The van der Waals surface area contributed by atoms with Crippen molar-refractivity contribution in [1.29, 1.82) is 0 Å². The Hall–Kier alpha value is -0.120. The van der Waals surface area contributed by atoms with Crippen LogP contribution in [0.15, 0.2) is 0 Å². The van der Waals surface area contributed by atoms with Gasteiger partial charge in [-0.15, -0.1) is 0 Å². The molecule has 0 spiro atoms. The van der Waals surface area contributed by atoms with Crippen LogP contribution in [-0.4, -0.2) is 37.0 Å². The van der Waals surface area contributed by atoms with Crippen LogP contribution in [0.1, 0.15) is 45.4 Å². The molecular formula is C12H25NO2. The van der Waals surface area contributed by atoms with Gasteiger partial charge in [0.15, 0.2) is 0 Å². The summed E-state index contributed by atoms with van der Waals surface area (Å²) in [7, 11) is 0. The fourth-order valence-electron chi connectivity index (χ4n) is 1.92. The SMILES string of the molecule is CCC(O)CCNCCCC1CCCO1. The van der Waals surface area contributed by atoms with E-state index < -0.39 is 0 Å². The Balaban J connectivity index is 1.80. The Labute approximate surface area is 93.2 Å². The minimum absolute atomic E-state index is 0.129. The number of ether oxygens (including phenoxy) is 1. The summed E-state index contributed by atoms with van der Waals surface area (Å²) in [6, 6.07) is 0. The summed E-state index contributed by atoms with van der Waals surface area (Å²) in [5.41, 5.74) is 0. The van der Waals surface area contributed by atoms with E-state index >= 15 is 0 Å². The van der Waals surface area contributed by atoms with Gasteiger partial charge in [0, 0.05) is 6.61 Å². The highest BCUT2D eigenvalue weighted by Crippen LogP contribution is 2.16. The van der Waals surface area contributed by atoms with Crippen LogP contribution in [0.5, 0.6) is 0 Å². The van der Waals surface area contributed by atoms with Crippen LogP contribution in [-0.2, 0) is 4.74 Å². The molecule has 0 aromatic heterocycles. The molecule has 0 radical (unpaired) electrons. The molecule has 1 heterocycles. The predicted octanol–water partition coefficient (Wildman–Crippen LogP) is 1.70. The molecular weight excluding hydrogens is 190 g/mol. The third-order valence-electron chi connectivity index (χ3n) is 3.03. The van der Waals surface area contributed by atoms with E-state index in [2.05, 4.69) is 5.32 Å². The van der Waals surface area contributed by atoms with Crippen molar-refractivity contribution in [2.24, 2.45) is 0 Å². The van der Waals surface area contributed by atoms with E-state index in [-0.39, 0.29) is 6.10 Å². The highest BCUT2D eigenvalue weighted by atomic mass is 16.5. The first-order valence-corrected chi connectivity index (χ1v) is 6.33. The van der Waals surface area contributed by atoms with Crippen LogP contribution in [0.2, 0.25) is 0 Å². The van der Waals surface area contributed by atoms with E-state index in [1.807, 2.05) is 6.92 Å². The normalized spacial score (nSPS) is 23.2. The summed E-state index contributed by atoms with van der Waals surface area (Å²) in [6.07, 6.45) is 6.98. The molecule has 2 unspecified atom stereocenters. The molecule has 2 N–H and O–H groups in total. The first-order valence-electron chi connectivity index (χ1n) is 6.33. The first-order chi connectivity index (χ1) is 7.33. The summed E-state index contributed by atoms with van der Waals surface area (Å²) in [5, 5.41) is 12.7. The van der Waals surface area contributed by atoms with Gasteiger partial charge in [-0.3, -0.25) is 0 Å². The average Bonchev–Trinajstić information content (AvgIpc) is 2.75. The van der Waals surface area contributed by atoms with E-state index in [4.69, 9.17) is 4.74 Å². The molecule has 0 aromatic rings. The Bertz CT molecular complexity index is 147. The molecule has 15 heavy (non-hydrogen) atoms. The van der Waals surface area contributed by atoms with Gasteiger partial charge in [0.1, 0.15) is 0 Å². The summed E-state index contributed by atoms with van der Waals surface area (Å²) in [5.74, 6) is 0. The lowest BCUT2D eigenvalue weighted by atomic mass is 10.1. The molecule has 2 atom stereocenters. The molecule has 0 saturated carbocycles. The van der Waals surface area contributed by atoms with Gasteiger partial charge >= 0.3 is 0 Å². The number of rotatable bonds is 8. The van der Waals surface area contributed by atoms with Crippen LogP contribution in [0.25, 0.3) is 0 Å². The van der Waals surface area contributed by atoms with Gasteiger partial charge in [0.2, 0.25) is 0 Å². The monoisotopic (exact) mass is 215 g/mol. The fraction of sp³-hybridized carbons (Fsp3) is 1.00. The van der Waals surface area contributed by atoms with Crippen molar-refractivity contribution in [2.45, 2.75) is 57.7 Å². The zero-order chi connectivity index (χ0) is 10.9. The number of nitrogens with one attached hydrogen (secondary N) is 1. The molecule has 0 aromatic carbocycles. The van der Waals surface area contributed by atoms with Gasteiger partial charge < -0.3 is 15.2 Å². The van der Waals surface area contributed by atoms with Crippen LogP contribution in [0.4, 0.5) is 0 Å². The molecule has 1 saturated heterocycles. The van der Waals surface area contributed by atoms with Gasteiger partial charge in [-0.2, -0.15) is 0 Å². The van der Waals surface area contributed by atoms with Gasteiger partial charge in [-0.05, 0) is 51.6 Å². The van der Waals surface area contributed by atoms with Crippen LogP contribution in [0.3, 0.4) is 0 Å². The Kier molecular flexibility index (Phi) is 6.98. The van der Waals surface area contributed by atoms with E-state index in [1.54, 1.807) is 0 Å². The largest absolute Gasteiger partial charge is 0.393 e. The third-order valence-corrected chi connectivity index (χ3v) is 3.03. The molecule has 1 fully saturated rings. The maximum absolute atomic E-state index is 9.33.